The van der Waals surface area contributed by atoms with Crippen LogP contribution in [0.2, 0.25) is 5.02 Å². The number of carbonyl (C=O) groups is 1. The summed E-state index contributed by atoms with van der Waals surface area (Å²) in [4.78, 5) is 19.3. The Morgan fingerprint density at radius 1 is 1.27 bits per heavy atom. The zero-order valence-corrected chi connectivity index (χ0v) is 17.6. The van der Waals surface area contributed by atoms with Crippen LogP contribution < -0.4 is 15.0 Å². The summed E-state index contributed by atoms with van der Waals surface area (Å²) in [5, 5.41) is 3.79. The second-order valence-corrected chi connectivity index (χ2v) is 7.79. The van der Waals surface area contributed by atoms with Crippen molar-refractivity contribution in [2.75, 3.05) is 25.1 Å². The van der Waals surface area contributed by atoms with Gasteiger partial charge in [-0.2, -0.15) is 0 Å². The summed E-state index contributed by atoms with van der Waals surface area (Å²) in [5.41, 5.74) is 2.49. The van der Waals surface area contributed by atoms with Crippen molar-refractivity contribution >= 4 is 23.2 Å². The number of aromatic nitrogens is 1. The number of nitrogens with one attached hydrogen (secondary N) is 1. The fourth-order valence-electron chi connectivity index (χ4n) is 3.76. The Morgan fingerprint density at radius 3 is 2.87 bits per heavy atom. The van der Waals surface area contributed by atoms with E-state index in [4.69, 9.17) is 20.8 Å². The molecule has 1 amide bonds. The fraction of sp³-hybridized carbons (Fsp3) is 0.304. The number of halogens is 1. The van der Waals surface area contributed by atoms with E-state index in [2.05, 4.69) is 21.3 Å². The molecular weight excluding hydrogens is 402 g/mol. The van der Waals surface area contributed by atoms with Gasteiger partial charge in [-0.25, -0.2) is 4.98 Å². The van der Waals surface area contributed by atoms with Crippen LogP contribution >= 0.6 is 11.6 Å². The van der Waals surface area contributed by atoms with E-state index < -0.39 is 0 Å². The lowest BCUT2D eigenvalue weighted by Crippen LogP contribution is -2.48. The van der Waals surface area contributed by atoms with E-state index >= 15 is 0 Å². The zero-order valence-electron chi connectivity index (χ0n) is 16.8. The second kappa shape index (κ2) is 9.22. The molecule has 0 radical (unpaired) electrons. The number of hydrogen-bond acceptors (Lipinski definition) is 5. The number of methoxy groups -OCH3 is 1. The van der Waals surface area contributed by atoms with Crippen molar-refractivity contribution < 1.29 is 13.9 Å². The first-order chi connectivity index (χ1) is 14.6. The van der Waals surface area contributed by atoms with Gasteiger partial charge in [0.15, 0.2) is 0 Å². The van der Waals surface area contributed by atoms with Crippen LogP contribution in [0.1, 0.15) is 18.5 Å². The summed E-state index contributed by atoms with van der Waals surface area (Å²) in [6, 6.07) is 15.3. The lowest BCUT2D eigenvalue weighted by Gasteiger charge is -2.35. The van der Waals surface area contributed by atoms with E-state index in [1.54, 1.807) is 19.2 Å². The molecule has 0 bridgehead atoms. The number of carbonyl (C=O) groups excluding carboxylic acids is 1. The minimum atomic E-state index is -0.0576. The lowest BCUT2D eigenvalue weighted by atomic mass is 10.0. The number of anilines is 1. The average molecular weight is 426 g/mol. The quantitative estimate of drug-likeness (QED) is 0.636. The number of ether oxygens (including phenoxy) is 1. The summed E-state index contributed by atoms with van der Waals surface area (Å²) in [6.07, 6.45) is 3.67. The highest BCUT2D eigenvalue weighted by Gasteiger charge is 2.23. The highest BCUT2D eigenvalue weighted by atomic mass is 35.5. The van der Waals surface area contributed by atoms with E-state index in [1.165, 1.54) is 6.26 Å². The van der Waals surface area contributed by atoms with E-state index in [0.29, 0.717) is 16.6 Å². The molecule has 2 aromatic carbocycles. The van der Waals surface area contributed by atoms with Crippen LogP contribution in [0.5, 0.6) is 5.75 Å². The van der Waals surface area contributed by atoms with Gasteiger partial charge in [-0.3, -0.25) is 4.79 Å². The van der Waals surface area contributed by atoms with Crippen LogP contribution in [-0.4, -0.2) is 37.1 Å². The summed E-state index contributed by atoms with van der Waals surface area (Å²) < 4.78 is 11.0. The summed E-state index contributed by atoms with van der Waals surface area (Å²) in [7, 11) is 1.68. The fourth-order valence-corrected chi connectivity index (χ4v) is 3.89. The molecule has 1 fully saturated rings. The molecule has 7 heteroatoms. The summed E-state index contributed by atoms with van der Waals surface area (Å²) >= 11 is 5.92. The van der Waals surface area contributed by atoms with E-state index in [0.717, 1.165) is 42.9 Å². The summed E-state index contributed by atoms with van der Waals surface area (Å²) in [6.45, 7) is 1.70. The molecule has 1 N–H and O–H groups in total. The van der Waals surface area contributed by atoms with Gasteiger partial charge in [0.2, 0.25) is 11.8 Å². The Balaban J connectivity index is 1.35. The van der Waals surface area contributed by atoms with Crippen LogP contribution in [0.15, 0.2) is 59.2 Å². The number of oxazole rings is 1. The van der Waals surface area contributed by atoms with E-state index in [-0.39, 0.29) is 18.4 Å². The van der Waals surface area contributed by atoms with Gasteiger partial charge in [-0.05, 0) is 49.2 Å². The van der Waals surface area contributed by atoms with Crippen molar-refractivity contribution in [1.82, 2.24) is 10.3 Å². The van der Waals surface area contributed by atoms with Crippen molar-refractivity contribution in [1.29, 1.82) is 0 Å². The predicted octanol–water partition coefficient (Wildman–Crippen LogP) is 4.33. The topological polar surface area (TPSA) is 67.6 Å². The monoisotopic (exact) mass is 425 g/mol. The van der Waals surface area contributed by atoms with Gasteiger partial charge < -0.3 is 19.4 Å². The highest BCUT2D eigenvalue weighted by molar-refractivity contribution is 6.30. The van der Waals surface area contributed by atoms with Crippen LogP contribution in [-0.2, 0) is 11.2 Å². The van der Waals surface area contributed by atoms with E-state index in [1.807, 2.05) is 30.3 Å². The number of para-hydroxylation sites is 2. The van der Waals surface area contributed by atoms with Gasteiger partial charge in [0.1, 0.15) is 12.0 Å². The highest BCUT2D eigenvalue weighted by Crippen LogP contribution is 2.30. The predicted molar refractivity (Wildman–Crippen MR) is 117 cm³/mol. The second-order valence-electron chi connectivity index (χ2n) is 7.35. The van der Waals surface area contributed by atoms with Gasteiger partial charge in [0.25, 0.3) is 0 Å². The number of nitrogens with zero attached hydrogens (tertiary/aromatic N) is 2. The van der Waals surface area contributed by atoms with Crippen LogP contribution in [0.3, 0.4) is 0 Å². The summed E-state index contributed by atoms with van der Waals surface area (Å²) in [5.74, 6) is 1.27. The van der Waals surface area contributed by atoms with Crippen molar-refractivity contribution in [3.8, 4) is 17.2 Å². The molecule has 30 heavy (non-hydrogen) atoms. The largest absolute Gasteiger partial charge is 0.495 e. The molecule has 1 aliphatic rings. The first-order valence-electron chi connectivity index (χ1n) is 10.00. The number of rotatable bonds is 6. The van der Waals surface area contributed by atoms with Crippen LogP contribution in [0, 0.1) is 0 Å². The first-order valence-corrected chi connectivity index (χ1v) is 10.4. The van der Waals surface area contributed by atoms with Gasteiger partial charge in [-0.15, -0.1) is 0 Å². The Morgan fingerprint density at radius 2 is 2.07 bits per heavy atom. The smallest absolute Gasteiger partial charge is 0.226 e. The van der Waals surface area contributed by atoms with Crippen molar-refractivity contribution in [3.05, 3.63) is 65.5 Å². The van der Waals surface area contributed by atoms with Crippen molar-refractivity contribution in [2.24, 2.45) is 0 Å². The molecule has 3 aromatic rings. The molecule has 2 heterocycles. The SMILES string of the molecule is COc1ccccc1N1CCCC(NC(=O)Cc2coc(-c3ccc(Cl)cc3)n2)C1. The number of amides is 1. The minimum Gasteiger partial charge on any atom is -0.495 e. The van der Waals surface area contributed by atoms with Gasteiger partial charge >= 0.3 is 0 Å². The Kier molecular flexibility index (Phi) is 6.23. The molecule has 1 atom stereocenters. The standard InChI is InChI=1S/C23H24ClN3O3/c1-29-21-7-3-2-6-20(21)27-12-4-5-18(14-27)25-22(28)13-19-15-30-23(26-19)16-8-10-17(24)11-9-16/h2-3,6-11,15,18H,4-5,12-14H2,1H3,(H,25,28). The molecule has 0 spiro atoms. The Hall–Kier alpha value is -2.99. The zero-order chi connectivity index (χ0) is 20.9. The van der Waals surface area contributed by atoms with Gasteiger partial charge in [-0.1, -0.05) is 23.7 Å². The Bertz CT molecular complexity index is 1000. The molecule has 1 unspecified atom stereocenters. The maximum Gasteiger partial charge on any atom is 0.226 e. The van der Waals surface area contributed by atoms with Gasteiger partial charge in [0.05, 0.1) is 24.9 Å². The van der Waals surface area contributed by atoms with Crippen LogP contribution in [0.4, 0.5) is 5.69 Å². The molecule has 4 rings (SSSR count). The van der Waals surface area contributed by atoms with Gasteiger partial charge in [0, 0.05) is 29.7 Å². The minimum absolute atomic E-state index is 0.0576. The molecule has 0 saturated carbocycles. The first kappa shape index (κ1) is 20.3. The molecule has 1 saturated heterocycles. The third kappa shape index (κ3) is 4.76. The average Bonchev–Trinajstić information content (AvgIpc) is 3.22. The Labute approximate surface area is 180 Å². The molecule has 156 valence electrons. The number of piperidine rings is 1. The molecule has 1 aromatic heterocycles. The molecule has 0 aliphatic carbocycles. The van der Waals surface area contributed by atoms with Crippen molar-refractivity contribution in [3.63, 3.8) is 0 Å². The van der Waals surface area contributed by atoms with Crippen molar-refractivity contribution in [2.45, 2.75) is 25.3 Å². The third-order valence-corrected chi connectivity index (χ3v) is 5.45. The number of hydrogen-bond donors (Lipinski definition) is 1. The third-order valence-electron chi connectivity index (χ3n) is 5.20. The maximum absolute atomic E-state index is 12.6. The van der Waals surface area contributed by atoms with Crippen LogP contribution in [0.25, 0.3) is 11.5 Å². The normalized spacial score (nSPS) is 16.3. The molecule has 6 nitrogen and oxygen atoms in total. The molecular formula is C23H24ClN3O3. The van der Waals surface area contributed by atoms with E-state index in [9.17, 15) is 4.79 Å². The lowest BCUT2D eigenvalue weighted by molar-refractivity contribution is -0.121. The maximum atomic E-state index is 12.6. The number of benzene rings is 2. The molecule has 1 aliphatic heterocycles.